The average molecular weight is 242 g/mol. The molecule has 2 atom stereocenters. The van der Waals surface area contributed by atoms with E-state index in [4.69, 9.17) is 9.84 Å². The van der Waals surface area contributed by atoms with Gasteiger partial charge in [0.05, 0.1) is 13.2 Å². The predicted octanol–water partition coefficient (Wildman–Crippen LogP) is 1.55. The van der Waals surface area contributed by atoms with Crippen LogP contribution in [0.2, 0.25) is 0 Å². The summed E-state index contributed by atoms with van der Waals surface area (Å²) in [4.78, 5) is 23.2. The highest BCUT2D eigenvalue weighted by Gasteiger charge is 2.41. The van der Waals surface area contributed by atoms with E-state index in [1.807, 2.05) is 0 Å². The van der Waals surface area contributed by atoms with Crippen LogP contribution in [0.25, 0.3) is 0 Å². The normalized spacial score (nSPS) is 24.1. The van der Waals surface area contributed by atoms with Gasteiger partial charge in [0.15, 0.2) is 0 Å². The topological polar surface area (TPSA) is 63.6 Å². The van der Waals surface area contributed by atoms with Crippen LogP contribution in [-0.4, -0.2) is 30.1 Å². The Kier molecular flexibility index (Phi) is 5.62. The minimum absolute atomic E-state index is 0.0738. The van der Waals surface area contributed by atoms with Gasteiger partial charge in [-0.25, -0.2) is 0 Å². The summed E-state index contributed by atoms with van der Waals surface area (Å²) >= 11 is 0. The molecule has 1 heterocycles. The number of hydrogen-bond donors (Lipinski definition) is 1. The van der Waals surface area contributed by atoms with Crippen molar-refractivity contribution in [1.29, 1.82) is 0 Å². The van der Waals surface area contributed by atoms with Crippen molar-refractivity contribution in [3.8, 4) is 0 Å². The van der Waals surface area contributed by atoms with Crippen LogP contribution in [0.3, 0.4) is 0 Å². The summed E-state index contributed by atoms with van der Waals surface area (Å²) in [6, 6.07) is 0. The number of ether oxygens (including phenoxy) is 1. The molecule has 0 aromatic rings. The van der Waals surface area contributed by atoms with Crippen molar-refractivity contribution in [3.63, 3.8) is 0 Å². The van der Waals surface area contributed by atoms with E-state index in [1.54, 1.807) is 0 Å². The Labute approximate surface area is 102 Å². The first kappa shape index (κ1) is 14.2. The van der Waals surface area contributed by atoms with Crippen LogP contribution in [0, 0.1) is 17.8 Å². The summed E-state index contributed by atoms with van der Waals surface area (Å²) in [7, 11) is 0. The lowest BCUT2D eigenvalue weighted by Crippen LogP contribution is -2.27. The summed E-state index contributed by atoms with van der Waals surface area (Å²) in [6.45, 7) is 4.32. The average Bonchev–Trinajstić information content (AvgIpc) is 2.65. The zero-order chi connectivity index (χ0) is 12.8. The number of ketones is 1. The Bertz CT molecular complexity index is 273. The van der Waals surface area contributed by atoms with Gasteiger partial charge in [-0.1, -0.05) is 26.7 Å². The van der Waals surface area contributed by atoms with E-state index in [9.17, 15) is 9.59 Å². The largest absolute Gasteiger partial charge is 0.465 e. The molecule has 17 heavy (non-hydrogen) atoms. The Morgan fingerprint density at radius 2 is 2.18 bits per heavy atom. The molecule has 4 nitrogen and oxygen atoms in total. The quantitative estimate of drug-likeness (QED) is 0.418. The minimum Gasteiger partial charge on any atom is -0.465 e. The Hall–Kier alpha value is -0.900. The van der Waals surface area contributed by atoms with E-state index >= 15 is 0 Å². The van der Waals surface area contributed by atoms with Gasteiger partial charge in [0, 0.05) is 12.3 Å². The van der Waals surface area contributed by atoms with Gasteiger partial charge in [-0.15, -0.1) is 0 Å². The number of hydrogen-bond acceptors (Lipinski definition) is 4. The van der Waals surface area contributed by atoms with Crippen molar-refractivity contribution in [3.05, 3.63) is 0 Å². The van der Waals surface area contributed by atoms with Gasteiger partial charge in [-0.2, -0.15) is 0 Å². The lowest BCUT2D eigenvalue weighted by atomic mass is 9.89. The number of carbonyl (C=O) groups is 2. The highest BCUT2D eigenvalue weighted by Crippen LogP contribution is 2.24. The molecule has 1 fully saturated rings. The first-order valence-corrected chi connectivity index (χ1v) is 6.36. The molecule has 0 amide bonds. The zero-order valence-electron chi connectivity index (χ0n) is 10.6. The van der Waals surface area contributed by atoms with Crippen LogP contribution >= 0.6 is 0 Å². The van der Waals surface area contributed by atoms with E-state index in [1.165, 1.54) is 0 Å². The molecule has 1 aliphatic heterocycles. The molecule has 98 valence electrons. The molecule has 0 saturated carbocycles. The van der Waals surface area contributed by atoms with Gasteiger partial charge >= 0.3 is 5.97 Å². The number of cyclic esters (lactones) is 1. The van der Waals surface area contributed by atoms with Crippen molar-refractivity contribution in [2.45, 2.75) is 39.5 Å². The maximum atomic E-state index is 11.9. The molecule has 4 heteroatoms. The third-order valence-corrected chi connectivity index (χ3v) is 3.20. The fourth-order valence-corrected chi connectivity index (χ4v) is 2.13. The number of carbonyl (C=O) groups excluding carboxylic acids is 2. The van der Waals surface area contributed by atoms with Crippen LogP contribution in [0.4, 0.5) is 0 Å². The molecule has 0 aromatic carbocycles. The monoisotopic (exact) mass is 242 g/mol. The number of unbranched alkanes of at least 4 members (excludes halogenated alkanes) is 1. The predicted molar refractivity (Wildman–Crippen MR) is 63.3 cm³/mol. The summed E-state index contributed by atoms with van der Waals surface area (Å²) < 4.78 is 4.81. The Morgan fingerprint density at radius 3 is 2.76 bits per heavy atom. The smallest absolute Gasteiger partial charge is 0.316 e. The second-order valence-electron chi connectivity index (χ2n) is 5.16. The lowest BCUT2D eigenvalue weighted by Gasteiger charge is -2.11. The SMILES string of the molecule is CC(C)CCCCC(=O)C1C(=O)OC[C@H]1CO. The number of rotatable bonds is 7. The Morgan fingerprint density at radius 1 is 1.47 bits per heavy atom. The highest BCUT2D eigenvalue weighted by molar-refractivity contribution is 6.00. The summed E-state index contributed by atoms with van der Waals surface area (Å²) in [5.74, 6) is -0.945. The summed E-state index contributed by atoms with van der Waals surface area (Å²) in [5.41, 5.74) is 0. The van der Waals surface area contributed by atoms with Gasteiger partial charge in [0.2, 0.25) is 0 Å². The van der Waals surface area contributed by atoms with E-state index in [0.29, 0.717) is 12.3 Å². The fraction of sp³-hybridized carbons (Fsp3) is 0.846. The van der Waals surface area contributed by atoms with Gasteiger partial charge < -0.3 is 9.84 Å². The molecule has 1 rings (SSSR count). The molecule has 0 bridgehead atoms. The molecular formula is C13H22O4. The van der Waals surface area contributed by atoms with Gasteiger partial charge in [0.25, 0.3) is 0 Å². The van der Waals surface area contributed by atoms with Gasteiger partial charge in [0.1, 0.15) is 11.7 Å². The van der Waals surface area contributed by atoms with Gasteiger partial charge in [-0.3, -0.25) is 9.59 Å². The summed E-state index contributed by atoms with van der Waals surface area (Å²) in [6.07, 6.45) is 3.35. The van der Waals surface area contributed by atoms with Crippen molar-refractivity contribution in [2.75, 3.05) is 13.2 Å². The molecule has 0 radical (unpaired) electrons. The van der Waals surface area contributed by atoms with E-state index in [-0.39, 0.29) is 24.9 Å². The standard InChI is InChI=1S/C13H22O4/c1-9(2)5-3-4-6-11(15)12-10(7-14)8-17-13(12)16/h9-10,12,14H,3-8H2,1-2H3/t10-,12?/m1/s1. The second-order valence-corrected chi connectivity index (χ2v) is 5.16. The van der Waals surface area contributed by atoms with Gasteiger partial charge in [-0.05, 0) is 12.3 Å². The molecule has 0 spiro atoms. The first-order valence-electron chi connectivity index (χ1n) is 6.36. The van der Waals surface area contributed by atoms with Crippen LogP contribution in [-0.2, 0) is 14.3 Å². The highest BCUT2D eigenvalue weighted by atomic mass is 16.5. The fourth-order valence-electron chi connectivity index (χ4n) is 2.13. The maximum Gasteiger partial charge on any atom is 0.316 e. The van der Waals surface area contributed by atoms with E-state index in [2.05, 4.69) is 13.8 Å². The maximum absolute atomic E-state index is 11.9. The number of aliphatic hydroxyl groups is 1. The lowest BCUT2D eigenvalue weighted by molar-refractivity contribution is -0.144. The molecular weight excluding hydrogens is 220 g/mol. The Balaban J connectivity index is 2.33. The molecule has 1 N–H and O–H groups in total. The van der Waals surface area contributed by atoms with Crippen molar-refractivity contribution in [2.24, 2.45) is 17.8 Å². The van der Waals surface area contributed by atoms with Crippen molar-refractivity contribution in [1.82, 2.24) is 0 Å². The van der Waals surface area contributed by atoms with Crippen molar-refractivity contribution < 1.29 is 19.4 Å². The molecule has 1 saturated heterocycles. The molecule has 1 unspecified atom stereocenters. The number of aliphatic hydroxyl groups excluding tert-OH is 1. The van der Waals surface area contributed by atoms with Crippen LogP contribution < -0.4 is 0 Å². The first-order chi connectivity index (χ1) is 8.06. The number of esters is 1. The molecule has 1 aliphatic rings. The van der Waals surface area contributed by atoms with Crippen LogP contribution in [0.1, 0.15) is 39.5 Å². The molecule has 0 aromatic heterocycles. The zero-order valence-corrected chi connectivity index (χ0v) is 10.6. The third kappa shape index (κ3) is 4.11. The molecule has 0 aliphatic carbocycles. The van der Waals surface area contributed by atoms with Crippen LogP contribution in [0.5, 0.6) is 0 Å². The van der Waals surface area contributed by atoms with Crippen molar-refractivity contribution >= 4 is 11.8 Å². The second kappa shape index (κ2) is 6.74. The number of Topliss-reactive ketones (excluding diaryl/α,β-unsaturated/α-hetero) is 1. The van der Waals surface area contributed by atoms with E-state index < -0.39 is 11.9 Å². The summed E-state index contributed by atoms with van der Waals surface area (Å²) in [5, 5.41) is 9.06. The minimum atomic E-state index is -0.723. The van der Waals surface area contributed by atoms with Crippen LogP contribution in [0.15, 0.2) is 0 Å². The van der Waals surface area contributed by atoms with E-state index in [0.717, 1.165) is 19.3 Å². The third-order valence-electron chi connectivity index (χ3n) is 3.20.